The molecule has 0 saturated heterocycles. The number of nitrogens with zero attached hydrogens (tertiary/aromatic N) is 3. The predicted octanol–water partition coefficient (Wildman–Crippen LogP) is 3.95. The quantitative estimate of drug-likeness (QED) is 0.857. The number of halogens is 1. The monoisotopic (exact) mass is 376 g/mol. The Balaban J connectivity index is 2.26. The van der Waals surface area contributed by atoms with E-state index in [1.807, 2.05) is 25.1 Å². The van der Waals surface area contributed by atoms with Gasteiger partial charge in [-0.15, -0.1) is 0 Å². The van der Waals surface area contributed by atoms with Gasteiger partial charge in [-0.3, -0.25) is 4.79 Å². The van der Waals surface area contributed by atoms with Crippen LogP contribution in [0.5, 0.6) is 0 Å². The highest BCUT2D eigenvalue weighted by molar-refractivity contribution is 9.10. The summed E-state index contributed by atoms with van der Waals surface area (Å²) in [4.78, 5) is 23.3. The van der Waals surface area contributed by atoms with Crippen LogP contribution in [0.2, 0.25) is 0 Å². The van der Waals surface area contributed by atoms with Gasteiger partial charge in [-0.2, -0.15) is 0 Å². The summed E-state index contributed by atoms with van der Waals surface area (Å²) >= 11 is 3.45. The molecule has 5 nitrogen and oxygen atoms in total. The summed E-state index contributed by atoms with van der Waals surface area (Å²) in [7, 11) is 0. The van der Waals surface area contributed by atoms with Crippen molar-refractivity contribution >= 4 is 33.3 Å². The number of nitrogens with one attached hydrogen (secondary N) is 1. The SMILES string of the molecule is CCN(CC)c1cc(C(=O)Nc2ccc(Br)c(C)c2)nc(C)n1. The molecule has 0 aliphatic carbocycles. The van der Waals surface area contributed by atoms with E-state index < -0.39 is 0 Å². The second-order valence-electron chi connectivity index (χ2n) is 5.25. The van der Waals surface area contributed by atoms with Gasteiger partial charge in [-0.25, -0.2) is 9.97 Å². The first-order valence-corrected chi connectivity index (χ1v) is 8.42. The molecule has 1 amide bonds. The fourth-order valence-corrected chi connectivity index (χ4v) is 2.54. The molecule has 1 aromatic heterocycles. The highest BCUT2D eigenvalue weighted by atomic mass is 79.9. The van der Waals surface area contributed by atoms with Crippen LogP contribution in [-0.4, -0.2) is 29.0 Å². The molecule has 0 aliphatic rings. The van der Waals surface area contributed by atoms with Crippen LogP contribution in [0.15, 0.2) is 28.7 Å². The molecule has 1 aromatic carbocycles. The van der Waals surface area contributed by atoms with E-state index in [2.05, 4.69) is 50.0 Å². The molecule has 0 unspecified atom stereocenters. The van der Waals surface area contributed by atoms with Crippen molar-refractivity contribution < 1.29 is 4.79 Å². The van der Waals surface area contributed by atoms with E-state index in [1.165, 1.54) is 0 Å². The molecule has 0 saturated carbocycles. The first-order chi connectivity index (χ1) is 10.9. The Morgan fingerprint density at radius 2 is 1.87 bits per heavy atom. The number of aromatic nitrogens is 2. The van der Waals surface area contributed by atoms with E-state index in [-0.39, 0.29) is 5.91 Å². The maximum atomic E-state index is 12.5. The minimum atomic E-state index is -0.231. The van der Waals surface area contributed by atoms with Gasteiger partial charge >= 0.3 is 0 Å². The Morgan fingerprint density at radius 3 is 2.48 bits per heavy atom. The van der Waals surface area contributed by atoms with E-state index in [0.29, 0.717) is 11.5 Å². The van der Waals surface area contributed by atoms with E-state index in [4.69, 9.17) is 0 Å². The Morgan fingerprint density at radius 1 is 1.17 bits per heavy atom. The lowest BCUT2D eigenvalue weighted by Crippen LogP contribution is -2.24. The van der Waals surface area contributed by atoms with Gasteiger partial charge in [0, 0.05) is 29.3 Å². The Labute approximate surface area is 145 Å². The fraction of sp³-hybridized carbons (Fsp3) is 0.353. The van der Waals surface area contributed by atoms with Crippen LogP contribution >= 0.6 is 15.9 Å². The number of amides is 1. The normalized spacial score (nSPS) is 10.5. The number of carbonyl (C=O) groups is 1. The average Bonchev–Trinajstić information content (AvgIpc) is 2.51. The third-order valence-corrected chi connectivity index (χ3v) is 4.45. The first-order valence-electron chi connectivity index (χ1n) is 7.62. The predicted molar refractivity (Wildman–Crippen MR) is 97.2 cm³/mol. The smallest absolute Gasteiger partial charge is 0.274 e. The Bertz CT molecular complexity index is 714. The van der Waals surface area contributed by atoms with Crippen LogP contribution in [-0.2, 0) is 0 Å². The highest BCUT2D eigenvalue weighted by Gasteiger charge is 2.13. The number of hydrogen-bond acceptors (Lipinski definition) is 4. The largest absolute Gasteiger partial charge is 0.357 e. The lowest BCUT2D eigenvalue weighted by molar-refractivity contribution is 0.102. The number of aryl methyl sites for hydroxylation is 2. The highest BCUT2D eigenvalue weighted by Crippen LogP contribution is 2.21. The molecule has 23 heavy (non-hydrogen) atoms. The molecule has 1 N–H and O–H groups in total. The Kier molecular flexibility index (Phi) is 5.71. The summed E-state index contributed by atoms with van der Waals surface area (Å²) in [6.45, 7) is 9.57. The molecule has 0 radical (unpaired) electrons. The van der Waals surface area contributed by atoms with Crippen molar-refractivity contribution in [2.24, 2.45) is 0 Å². The van der Waals surface area contributed by atoms with Crippen molar-refractivity contribution in [1.82, 2.24) is 9.97 Å². The van der Waals surface area contributed by atoms with Gasteiger partial charge in [-0.05, 0) is 51.5 Å². The molecule has 0 bridgehead atoms. The zero-order chi connectivity index (χ0) is 17.0. The van der Waals surface area contributed by atoms with Crippen LogP contribution in [0, 0.1) is 13.8 Å². The van der Waals surface area contributed by atoms with Gasteiger partial charge in [0.2, 0.25) is 0 Å². The summed E-state index contributed by atoms with van der Waals surface area (Å²) in [5, 5.41) is 2.89. The molecule has 0 atom stereocenters. The second kappa shape index (κ2) is 7.55. The molecular formula is C17H21BrN4O. The van der Waals surface area contributed by atoms with Crippen molar-refractivity contribution in [3.63, 3.8) is 0 Å². The number of rotatable bonds is 5. The zero-order valence-corrected chi connectivity index (χ0v) is 15.4. The molecule has 0 aliphatic heterocycles. The van der Waals surface area contributed by atoms with E-state index in [0.717, 1.165) is 34.6 Å². The average molecular weight is 377 g/mol. The second-order valence-corrected chi connectivity index (χ2v) is 6.10. The number of carbonyl (C=O) groups excluding carboxylic acids is 1. The maximum absolute atomic E-state index is 12.5. The van der Waals surface area contributed by atoms with Gasteiger partial charge in [0.25, 0.3) is 5.91 Å². The van der Waals surface area contributed by atoms with Crippen LogP contribution in [0.1, 0.15) is 35.7 Å². The lowest BCUT2D eigenvalue weighted by atomic mass is 10.2. The molecule has 2 rings (SSSR count). The molecule has 122 valence electrons. The number of anilines is 2. The molecular weight excluding hydrogens is 356 g/mol. The minimum Gasteiger partial charge on any atom is -0.357 e. The van der Waals surface area contributed by atoms with Crippen molar-refractivity contribution in [2.45, 2.75) is 27.7 Å². The summed E-state index contributed by atoms with van der Waals surface area (Å²) in [6.07, 6.45) is 0. The molecule has 1 heterocycles. The van der Waals surface area contributed by atoms with Crippen molar-refractivity contribution in [1.29, 1.82) is 0 Å². The maximum Gasteiger partial charge on any atom is 0.274 e. The number of benzene rings is 1. The van der Waals surface area contributed by atoms with Crippen LogP contribution in [0.4, 0.5) is 11.5 Å². The van der Waals surface area contributed by atoms with Gasteiger partial charge in [0.1, 0.15) is 17.3 Å². The van der Waals surface area contributed by atoms with Gasteiger partial charge < -0.3 is 10.2 Å². The summed E-state index contributed by atoms with van der Waals surface area (Å²) in [5.74, 6) is 1.14. The Hall–Kier alpha value is -1.95. The fourth-order valence-electron chi connectivity index (χ4n) is 2.30. The zero-order valence-electron chi connectivity index (χ0n) is 13.9. The van der Waals surface area contributed by atoms with Crippen LogP contribution in [0.3, 0.4) is 0 Å². The van der Waals surface area contributed by atoms with Gasteiger partial charge in [0.15, 0.2) is 0 Å². The summed E-state index contributed by atoms with van der Waals surface area (Å²) in [5.41, 5.74) is 2.18. The third kappa shape index (κ3) is 4.28. The molecule has 0 spiro atoms. The van der Waals surface area contributed by atoms with Crippen LogP contribution in [0.25, 0.3) is 0 Å². The van der Waals surface area contributed by atoms with Crippen LogP contribution < -0.4 is 10.2 Å². The van der Waals surface area contributed by atoms with Gasteiger partial charge in [-0.1, -0.05) is 15.9 Å². The lowest BCUT2D eigenvalue weighted by Gasteiger charge is -2.20. The summed E-state index contributed by atoms with van der Waals surface area (Å²) < 4.78 is 1.01. The van der Waals surface area contributed by atoms with Crippen molar-refractivity contribution in [3.05, 3.63) is 45.8 Å². The standard InChI is InChI=1S/C17H21BrN4O/c1-5-22(6-2)16-10-15(19-12(4)20-16)17(23)21-13-7-8-14(18)11(3)9-13/h7-10H,5-6H2,1-4H3,(H,21,23). The molecule has 0 fully saturated rings. The van der Waals surface area contributed by atoms with E-state index in [9.17, 15) is 4.79 Å². The first kappa shape index (κ1) is 17.4. The van der Waals surface area contributed by atoms with E-state index in [1.54, 1.807) is 13.0 Å². The molecule has 2 aromatic rings. The molecule has 6 heteroatoms. The van der Waals surface area contributed by atoms with Crippen molar-refractivity contribution in [3.8, 4) is 0 Å². The van der Waals surface area contributed by atoms with Crippen molar-refractivity contribution in [2.75, 3.05) is 23.3 Å². The minimum absolute atomic E-state index is 0.231. The third-order valence-electron chi connectivity index (χ3n) is 3.56. The summed E-state index contributed by atoms with van der Waals surface area (Å²) in [6, 6.07) is 7.42. The van der Waals surface area contributed by atoms with E-state index >= 15 is 0 Å². The number of hydrogen-bond donors (Lipinski definition) is 1. The van der Waals surface area contributed by atoms with Gasteiger partial charge in [0.05, 0.1) is 0 Å². The topological polar surface area (TPSA) is 58.1 Å².